The number of carboxylic acid groups (broad SMARTS) is 1. The van der Waals surface area contributed by atoms with Gasteiger partial charge in [0.25, 0.3) is 0 Å². The molecule has 5 nitrogen and oxygen atoms in total. The standard InChI is InChI=1S/C22H21NO4S/c24-22(25)14-7-9-23(10-8-14)21(15-5-6-18-19(11-15)27-13-26-18)17-12-28-20-4-2-1-3-16(17)20/h1-6,11-12,14,21H,7-10,13H2,(H,24,25). The Hall–Kier alpha value is -2.57. The molecule has 1 atom stereocenters. The highest BCUT2D eigenvalue weighted by Gasteiger charge is 2.32. The summed E-state index contributed by atoms with van der Waals surface area (Å²) in [6, 6.07) is 14.7. The number of hydrogen-bond donors (Lipinski definition) is 1. The Bertz CT molecular complexity index is 1020. The van der Waals surface area contributed by atoms with Crippen LogP contribution in [-0.4, -0.2) is 35.9 Å². The Morgan fingerprint density at radius 3 is 2.71 bits per heavy atom. The highest BCUT2D eigenvalue weighted by Crippen LogP contribution is 2.42. The number of fused-ring (bicyclic) bond motifs is 2. The Balaban J connectivity index is 1.56. The number of ether oxygens (including phenoxy) is 2. The summed E-state index contributed by atoms with van der Waals surface area (Å²) >= 11 is 1.76. The zero-order valence-electron chi connectivity index (χ0n) is 15.3. The molecule has 2 aliphatic rings. The minimum absolute atomic E-state index is 0.0698. The summed E-state index contributed by atoms with van der Waals surface area (Å²) in [6.07, 6.45) is 1.36. The van der Waals surface area contributed by atoms with Gasteiger partial charge in [0, 0.05) is 4.70 Å². The summed E-state index contributed by atoms with van der Waals surface area (Å²) in [4.78, 5) is 13.8. The topological polar surface area (TPSA) is 59.0 Å². The second-order valence-corrected chi connectivity index (χ2v) is 8.26. The van der Waals surface area contributed by atoms with E-state index in [0.717, 1.165) is 30.2 Å². The van der Waals surface area contributed by atoms with Gasteiger partial charge in [-0.2, -0.15) is 0 Å². The summed E-state index contributed by atoms with van der Waals surface area (Å²) in [5, 5.41) is 12.9. The van der Waals surface area contributed by atoms with E-state index in [1.165, 1.54) is 15.6 Å². The van der Waals surface area contributed by atoms with Crippen molar-refractivity contribution in [1.82, 2.24) is 4.90 Å². The smallest absolute Gasteiger partial charge is 0.306 e. The van der Waals surface area contributed by atoms with Crippen LogP contribution < -0.4 is 9.47 Å². The molecule has 6 heteroatoms. The largest absolute Gasteiger partial charge is 0.481 e. The van der Waals surface area contributed by atoms with Crippen LogP contribution in [0, 0.1) is 5.92 Å². The maximum atomic E-state index is 11.4. The molecule has 0 aliphatic carbocycles. The predicted molar refractivity (Wildman–Crippen MR) is 108 cm³/mol. The maximum absolute atomic E-state index is 11.4. The van der Waals surface area contributed by atoms with Crippen LogP contribution in [0.4, 0.5) is 0 Å². The fraction of sp³-hybridized carbons (Fsp3) is 0.318. The Morgan fingerprint density at radius 1 is 1.11 bits per heavy atom. The molecule has 0 saturated carbocycles. The molecule has 2 aliphatic heterocycles. The van der Waals surface area contributed by atoms with Crippen LogP contribution in [0.2, 0.25) is 0 Å². The van der Waals surface area contributed by atoms with E-state index in [9.17, 15) is 9.90 Å². The highest BCUT2D eigenvalue weighted by molar-refractivity contribution is 7.17. The second kappa shape index (κ2) is 7.11. The molecule has 1 N–H and O–H groups in total. The molecule has 3 aromatic rings. The van der Waals surface area contributed by atoms with E-state index in [1.54, 1.807) is 11.3 Å². The van der Waals surface area contributed by atoms with Crippen molar-refractivity contribution in [2.75, 3.05) is 19.9 Å². The van der Waals surface area contributed by atoms with Crippen LogP contribution in [0.3, 0.4) is 0 Å². The number of thiophene rings is 1. The van der Waals surface area contributed by atoms with Crippen LogP contribution in [0.1, 0.15) is 30.0 Å². The molecule has 28 heavy (non-hydrogen) atoms. The lowest BCUT2D eigenvalue weighted by Crippen LogP contribution is -2.39. The van der Waals surface area contributed by atoms with E-state index in [0.29, 0.717) is 12.8 Å². The minimum Gasteiger partial charge on any atom is -0.481 e. The normalized spacial score (nSPS) is 18.4. The van der Waals surface area contributed by atoms with Crippen molar-refractivity contribution in [2.45, 2.75) is 18.9 Å². The fourth-order valence-electron chi connectivity index (χ4n) is 4.28. The lowest BCUT2D eigenvalue weighted by molar-refractivity contribution is -0.143. The lowest BCUT2D eigenvalue weighted by atomic mass is 9.91. The number of aliphatic carboxylic acids is 1. The SMILES string of the molecule is O=C(O)C1CCN(C(c2ccc3c(c2)OCO3)c2csc3ccccc23)CC1. The van der Waals surface area contributed by atoms with Gasteiger partial charge >= 0.3 is 5.97 Å². The zero-order valence-corrected chi connectivity index (χ0v) is 16.2. The summed E-state index contributed by atoms with van der Waals surface area (Å²) < 4.78 is 12.4. The first kappa shape index (κ1) is 17.5. The van der Waals surface area contributed by atoms with Crippen LogP contribution in [0.5, 0.6) is 11.5 Å². The lowest BCUT2D eigenvalue weighted by Gasteiger charge is -2.37. The van der Waals surface area contributed by atoms with Gasteiger partial charge in [-0.15, -0.1) is 11.3 Å². The van der Waals surface area contributed by atoms with Crippen molar-refractivity contribution in [3.05, 3.63) is 59.0 Å². The molecular formula is C22H21NO4S. The molecular weight excluding hydrogens is 374 g/mol. The van der Waals surface area contributed by atoms with E-state index in [1.807, 2.05) is 6.07 Å². The third-order valence-electron chi connectivity index (χ3n) is 5.76. The first-order valence-electron chi connectivity index (χ1n) is 9.53. The number of carboxylic acids is 1. The quantitative estimate of drug-likeness (QED) is 0.704. The van der Waals surface area contributed by atoms with Gasteiger partial charge < -0.3 is 14.6 Å². The van der Waals surface area contributed by atoms with Crippen molar-refractivity contribution in [2.24, 2.45) is 5.92 Å². The molecule has 144 valence electrons. The van der Waals surface area contributed by atoms with Gasteiger partial charge in [0.1, 0.15) is 0 Å². The number of hydrogen-bond acceptors (Lipinski definition) is 5. The van der Waals surface area contributed by atoms with E-state index >= 15 is 0 Å². The highest BCUT2D eigenvalue weighted by atomic mass is 32.1. The molecule has 0 spiro atoms. The Kier molecular flexibility index (Phi) is 4.45. The molecule has 1 aromatic heterocycles. The number of rotatable bonds is 4. The van der Waals surface area contributed by atoms with Crippen molar-refractivity contribution in [3.63, 3.8) is 0 Å². The maximum Gasteiger partial charge on any atom is 0.306 e. The summed E-state index contributed by atoms with van der Waals surface area (Å²) in [5.41, 5.74) is 2.43. The van der Waals surface area contributed by atoms with Crippen LogP contribution in [-0.2, 0) is 4.79 Å². The molecule has 1 fully saturated rings. The summed E-state index contributed by atoms with van der Waals surface area (Å²) in [6.45, 7) is 1.79. The van der Waals surface area contributed by atoms with E-state index < -0.39 is 5.97 Å². The fourth-order valence-corrected chi connectivity index (χ4v) is 5.26. The molecule has 0 bridgehead atoms. The number of likely N-dealkylation sites (tertiary alicyclic amines) is 1. The molecule has 1 unspecified atom stereocenters. The van der Waals surface area contributed by atoms with Crippen molar-refractivity contribution in [1.29, 1.82) is 0 Å². The minimum atomic E-state index is -0.680. The first-order valence-corrected chi connectivity index (χ1v) is 10.4. The van der Waals surface area contributed by atoms with Crippen LogP contribution in [0.25, 0.3) is 10.1 Å². The first-order chi connectivity index (χ1) is 13.7. The monoisotopic (exact) mass is 395 g/mol. The van der Waals surface area contributed by atoms with Gasteiger partial charge in [-0.3, -0.25) is 9.69 Å². The number of carbonyl (C=O) groups is 1. The van der Waals surface area contributed by atoms with E-state index in [-0.39, 0.29) is 18.8 Å². The average Bonchev–Trinajstić information content (AvgIpc) is 3.36. The Morgan fingerprint density at radius 2 is 1.89 bits per heavy atom. The van der Waals surface area contributed by atoms with E-state index in [2.05, 4.69) is 46.7 Å². The van der Waals surface area contributed by atoms with Gasteiger partial charge in [-0.25, -0.2) is 0 Å². The molecule has 5 rings (SSSR count). The third-order valence-corrected chi connectivity index (χ3v) is 6.74. The average molecular weight is 395 g/mol. The zero-order chi connectivity index (χ0) is 19.1. The Labute approximate surface area is 167 Å². The van der Waals surface area contributed by atoms with E-state index in [4.69, 9.17) is 9.47 Å². The molecule has 3 heterocycles. The molecule has 2 aromatic carbocycles. The molecule has 1 saturated heterocycles. The summed E-state index contributed by atoms with van der Waals surface area (Å²) in [5.74, 6) is 0.637. The molecule has 0 radical (unpaired) electrons. The summed E-state index contributed by atoms with van der Waals surface area (Å²) in [7, 11) is 0. The van der Waals surface area contributed by atoms with Gasteiger partial charge in [0.05, 0.1) is 12.0 Å². The van der Waals surface area contributed by atoms with Crippen molar-refractivity contribution < 1.29 is 19.4 Å². The van der Waals surface area contributed by atoms with Crippen molar-refractivity contribution >= 4 is 27.4 Å². The van der Waals surface area contributed by atoms with Gasteiger partial charge in [0.2, 0.25) is 6.79 Å². The molecule has 0 amide bonds. The van der Waals surface area contributed by atoms with Crippen LogP contribution in [0.15, 0.2) is 47.8 Å². The number of benzene rings is 2. The second-order valence-electron chi connectivity index (χ2n) is 7.35. The van der Waals surface area contributed by atoms with Crippen molar-refractivity contribution in [3.8, 4) is 11.5 Å². The number of nitrogens with zero attached hydrogens (tertiary/aromatic N) is 1. The van der Waals surface area contributed by atoms with Crippen LogP contribution >= 0.6 is 11.3 Å². The number of piperidine rings is 1. The van der Waals surface area contributed by atoms with Gasteiger partial charge in [-0.05, 0) is 66.0 Å². The van der Waals surface area contributed by atoms with Gasteiger partial charge in [-0.1, -0.05) is 24.3 Å². The van der Waals surface area contributed by atoms with Gasteiger partial charge in [0.15, 0.2) is 11.5 Å². The third kappa shape index (κ3) is 3.02. The predicted octanol–water partition coefficient (Wildman–Crippen LogP) is 4.52.